The predicted octanol–water partition coefficient (Wildman–Crippen LogP) is 3.39. The van der Waals surface area contributed by atoms with E-state index in [1.165, 1.54) is 0 Å². The number of carbonyl (C=O) groups excluding carboxylic acids is 1. The van der Waals surface area contributed by atoms with Gasteiger partial charge in [-0.25, -0.2) is 4.98 Å². The Morgan fingerprint density at radius 1 is 1.40 bits per heavy atom. The van der Waals surface area contributed by atoms with E-state index in [2.05, 4.69) is 48.8 Å². The predicted molar refractivity (Wildman–Crippen MR) is 88.8 cm³/mol. The Morgan fingerprint density at radius 2 is 2.20 bits per heavy atom. The van der Waals surface area contributed by atoms with Crippen LogP contribution < -0.4 is 10.1 Å². The van der Waals surface area contributed by atoms with Gasteiger partial charge in [0, 0.05) is 26.9 Å². The number of nitrogens with zero attached hydrogens (tertiary/aromatic N) is 1. The molecular weight excluding hydrogens is 435 g/mol. The third-order valence-electron chi connectivity index (χ3n) is 2.63. The molecular formula is C14H12BrIN2O2. The minimum atomic E-state index is -0.119. The van der Waals surface area contributed by atoms with E-state index in [0.717, 1.165) is 13.6 Å². The third-order valence-corrected chi connectivity index (χ3v) is 4.00. The molecule has 1 aromatic carbocycles. The standard InChI is InChI=1S/C14H12BrIN2O2/c1-20-13-6-9(4-5-17-13)8-18-14(19)11-7-10(16)2-3-12(11)15/h2-7H,8H2,1H3,(H,18,19). The molecule has 0 unspecified atom stereocenters. The van der Waals surface area contributed by atoms with Crippen LogP contribution in [-0.2, 0) is 6.54 Å². The quantitative estimate of drug-likeness (QED) is 0.732. The molecule has 1 heterocycles. The van der Waals surface area contributed by atoms with Gasteiger partial charge in [-0.15, -0.1) is 0 Å². The highest BCUT2D eigenvalue weighted by atomic mass is 127. The molecule has 104 valence electrons. The summed E-state index contributed by atoms with van der Waals surface area (Å²) in [7, 11) is 1.56. The van der Waals surface area contributed by atoms with Gasteiger partial charge in [0.05, 0.1) is 12.7 Å². The molecule has 6 heteroatoms. The minimum absolute atomic E-state index is 0.119. The third kappa shape index (κ3) is 3.92. The summed E-state index contributed by atoms with van der Waals surface area (Å²) >= 11 is 5.57. The van der Waals surface area contributed by atoms with Gasteiger partial charge in [0.15, 0.2) is 0 Å². The van der Waals surface area contributed by atoms with E-state index in [1.54, 1.807) is 19.4 Å². The number of hydrogen-bond acceptors (Lipinski definition) is 3. The molecule has 2 rings (SSSR count). The molecule has 0 bridgehead atoms. The van der Waals surface area contributed by atoms with Gasteiger partial charge in [-0.05, 0) is 68.3 Å². The first kappa shape index (κ1) is 15.2. The molecule has 4 nitrogen and oxygen atoms in total. The first-order chi connectivity index (χ1) is 9.60. The SMILES string of the molecule is COc1cc(CNC(=O)c2cc(I)ccc2Br)ccn1. The van der Waals surface area contributed by atoms with Gasteiger partial charge in [-0.2, -0.15) is 0 Å². The summed E-state index contributed by atoms with van der Waals surface area (Å²) in [5.41, 5.74) is 1.56. The van der Waals surface area contributed by atoms with Crippen molar-refractivity contribution in [2.24, 2.45) is 0 Å². The molecule has 1 aromatic heterocycles. The van der Waals surface area contributed by atoms with Crippen LogP contribution in [0.4, 0.5) is 0 Å². The fourth-order valence-electron chi connectivity index (χ4n) is 1.62. The average Bonchev–Trinajstić information content (AvgIpc) is 2.47. The van der Waals surface area contributed by atoms with E-state index in [9.17, 15) is 4.79 Å². The molecule has 0 radical (unpaired) electrons. The van der Waals surface area contributed by atoms with Gasteiger partial charge in [0.1, 0.15) is 0 Å². The minimum Gasteiger partial charge on any atom is -0.481 e. The van der Waals surface area contributed by atoms with E-state index in [1.807, 2.05) is 24.3 Å². The van der Waals surface area contributed by atoms with Crippen molar-refractivity contribution in [3.63, 3.8) is 0 Å². The van der Waals surface area contributed by atoms with Crippen molar-refractivity contribution >= 4 is 44.4 Å². The number of rotatable bonds is 4. The molecule has 0 spiro atoms. The lowest BCUT2D eigenvalue weighted by Crippen LogP contribution is -2.23. The van der Waals surface area contributed by atoms with Crippen molar-refractivity contribution in [1.82, 2.24) is 10.3 Å². The number of methoxy groups -OCH3 is 1. The summed E-state index contributed by atoms with van der Waals surface area (Å²) in [6.45, 7) is 0.426. The maximum absolute atomic E-state index is 12.2. The summed E-state index contributed by atoms with van der Waals surface area (Å²) in [5.74, 6) is 0.415. The van der Waals surface area contributed by atoms with Gasteiger partial charge in [-0.3, -0.25) is 4.79 Å². The van der Waals surface area contributed by atoms with Crippen molar-refractivity contribution in [3.8, 4) is 5.88 Å². The fraction of sp³-hybridized carbons (Fsp3) is 0.143. The lowest BCUT2D eigenvalue weighted by atomic mass is 10.2. The van der Waals surface area contributed by atoms with Crippen LogP contribution in [0, 0.1) is 3.57 Å². The molecule has 0 aliphatic carbocycles. The van der Waals surface area contributed by atoms with Crippen molar-refractivity contribution in [2.75, 3.05) is 7.11 Å². The van der Waals surface area contributed by atoms with Crippen molar-refractivity contribution < 1.29 is 9.53 Å². The molecule has 1 amide bonds. The second kappa shape index (κ2) is 7.03. The highest BCUT2D eigenvalue weighted by molar-refractivity contribution is 14.1. The van der Waals surface area contributed by atoms with E-state index in [0.29, 0.717) is 18.0 Å². The Morgan fingerprint density at radius 3 is 2.95 bits per heavy atom. The Kier molecular flexibility index (Phi) is 5.36. The number of hydrogen-bond donors (Lipinski definition) is 1. The lowest BCUT2D eigenvalue weighted by Gasteiger charge is -2.08. The fourth-order valence-corrected chi connectivity index (χ4v) is 2.54. The first-order valence-electron chi connectivity index (χ1n) is 5.82. The number of pyridine rings is 1. The maximum atomic E-state index is 12.2. The number of ether oxygens (including phenoxy) is 1. The molecule has 0 fully saturated rings. The zero-order valence-corrected chi connectivity index (χ0v) is 14.4. The van der Waals surface area contributed by atoms with Gasteiger partial charge in [-0.1, -0.05) is 0 Å². The number of halogens is 2. The van der Waals surface area contributed by atoms with Crippen LogP contribution in [0.2, 0.25) is 0 Å². The number of benzene rings is 1. The van der Waals surface area contributed by atoms with Gasteiger partial charge in [0.25, 0.3) is 5.91 Å². The second-order valence-electron chi connectivity index (χ2n) is 4.01. The van der Waals surface area contributed by atoms with E-state index in [-0.39, 0.29) is 5.91 Å². The van der Waals surface area contributed by atoms with Crippen molar-refractivity contribution in [3.05, 3.63) is 55.7 Å². The van der Waals surface area contributed by atoms with Crippen LogP contribution in [0.3, 0.4) is 0 Å². The number of aromatic nitrogens is 1. The van der Waals surface area contributed by atoms with E-state index < -0.39 is 0 Å². The second-order valence-corrected chi connectivity index (χ2v) is 6.11. The van der Waals surface area contributed by atoms with E-state index >= 15 is 0 Å². The van der Waals surface area contributed by atoms with Crippen LogP contribution in [0.25, 0.3) is 0 Å². The van der Waals surface area contributed by atoms with Crippen LogP contribution >= 0.6 is 38.5 Å². The monoisotopic (exact) mass is 446 g/mol. The smallest absolute Gasteiger partial charge is 0.252 e. The molecule has 20 heavy (non-hydrogen) atoms. The highest BCUT2D eigenvalue weighted by Crippen LogP contribution is 2.19. The van der Waals surface area contributed by atoms with Crippen molar-refractivity contribution in [2.45, 2.75) is 6.54 Å². The summed E-state index contributed by atoms with van der Waals surface area (Å²) in [6, 6.07) is 9.28. The molecule has 0 saturated heterocycles. The first-order valence-corrected chi connectivity index (χ1v) is 7.69. The highest BCUT2D eigenvalue weighted by Gasteiger charge is 2.10. The molecule has 1 N–H and O–H groups in total. The summed E-state index contributed by atoms with van der Waals surface area (Å²) in [5, 5.41) is 2.88. The zero-order valence-electron chi connectivity index (χ0n) is 10.7. The van der Waals surface area contributed by atoms with Crippen LogP contribution in [0.1, 0.15) is 15.9 Å². The van der Waals surface area contributed by atoms with Crippen LogP contribution in [-0.4, -0.2) is 18.0 Å². The topological polar surface area (TPSA) is 51.2 Å². The van der Waals surface area contributed by atoms with Crippen molar-refractivity contribution in [1.29, 1.82) is 0 Å². The lowest BCUT2D eigenvalue weighted by molar-refractivity contribution is 0.0950. The average molecular weight is 447 g/mol. The molecule has 0 saturated carbocycles. The Bertz CT molecular complexity index is 634. The van der Waals surface area contributed by atoms with Crippen LogP contribution in [0.5, 0.6) is 5.88 Å². The normalized spacial score (nSPS) is 10.2. The summed E-state index contributed by atoms with van der Waals surface area (Å²) in [4.78, 5) is 16.2. The number of nitrogens with one attached hydrogen (secondary N) is 1. The maximum Gasteiger partial charge on any atom is 0.252 e. The Hall–Kier alpha value is -1.15. The molecule has 0 atom stereocenters. The molecule has 0 aliphatic rings. The van der Waals surface area contributed by atoms with Gasteiger partial charge >= 0.3 is 0 Å². The van der Waals surface area contributed by atoms with E-state index in [4.69, 9.17) is 4.74 Å². The summed E-state index contributed by atoms with van der Waals surface area (Å²) in [6.07, 6.45) is 1.65. The zero-order chi connectivity index (χ0) is 14.5. The largest absolute Gasteiger partial charge is 0.481 e. The Balaban J connectivity index is 2.06. The van der Waals surface area contributed by atoms with Gasteiger partial charge < -0.3 is 10.1 Å². The molecule has 2 aromatic rings. The summed E-state index contributed by atoms with van der Waals surface area (Å²) < 4.78 is 6.84. The van der Waals surface area contributed by atoms with Crippen LogP contribution in [0.15, 0.2) is 41.0 Å². The molecule has 0 aliphatic heterocycles. The number of carbonyl (C=O) groups is 1. The van der Waals surface area contributed by atoms with Gasteiger partial charge in [0.2, 0.25) is 5.88 Å². The Labute approximate surface area is 139 Å². The number of amides is 1.